The van der Waals surface area contributed by atoms with Gasteiger partial charge >= 0.3 is 0 Å². The predicted molar refractivity (Wildman–Crippen MR) is 152 cm³/mol. The van der Waals surface area contributed by atoms with Gasteiger partial charge in [-0.2, -0.15) is 5.26 Å². The summed E-state index contributed by atoms with van der Waals surface area (Å²) in [5.41, 5.74) is 3.96. The third-order valence-corrected chi connectivity index (χ3v) is 8.35. The summed E-state index contributed by atoms with van der Waals surface area (Å²) in [6, 6.07) is 17.1. The lowest BCUT2D eigenvalue weighted by molar-refractivity contribution is -0.115. The van der Waals surface area contributed by atoms with Crippen molar-refractivity contribution < 1.29 is 9.59 Å². The van der Waals surface area contributed by atoms with Crippen LogP contribution in [0.15, 0.2) is 53.4 Å². The summed E-state index contributed by atoms with van der Waals surface area (Å²) in [7, 11) is 0. The molecule has 184 valence electrons. The number of Topliss-reactive ketones (excluding diaryl/α,β-unsaturated/α-hetero) is 1. The summed E-state index contributed by atoms with van der Waals surface area (Å²) in [5.74, 6) is -0.112. The number of benzene rings is 2. The van der Waals surface area contributed by atoms with E-state index in [9.17, 15) is 14.9 Å². The highest BCUT2D eigenvalue weighted by atomic mass is 32.2. The van der Waals surface area contributed by atoms with Crippen LogP contribution in [0.1, 0.15) is 53.1 Å². The van der Waals surface area contributed by atoms with E-state index in [1.165, 1.54) is 34.9 Å². The number of nitrogens with zero attached hydrogens (tertiary/aromatic N) is 1. The molecule has 1 amide bonds. The first kappa shape index (κ1) is 25.9. The smallest absolute Gasteiger partial charge is 0.238 e. The molecule has 0 fully saturated rings. The van der Waals surface area contributed by atoms with E-state index < -0.39 is 0 Å². The van der Waals surface area contributed by atoms with Crippen LogP contribution in [0.3, 0.4) is 0 Å². The number of thiocarbonyl (C=S) groups is 1. The Morgan fingerprint density at radius 3 is 2.50 bits per heavy atom. The molecule has 0 saturated heterocycles. The number of anilines is 3. The average molecular weight is 535 g/mol. The molecule has 1 aliphatic rings. The third-order valence-electron chi connectivity index (χ3n) is 5.84. The number of carbonyl (C=O) groups excluding carboxylic acids is 2. The van der Waals surface area contributed by atoms with Crippen molar-refractivity contribution in [2.45, 2.75) is 49.7 Å². The summed E-state index contributed by atoms with van der Waals surface area (Å²) in [4.78, 5) is 26.5. The van der Waals surface area contributed by atoms with E-state index >= 15 is 0 Å². The zero-order chi connectivity index (χ0) is 25.7. The van der Waals surface area contributed by atoms with E-state index in [0.717, 1.165) is 47.5 Å². The molecular formula is C27H26N4O2S3. The van der Waals surface area contributed by atoms with Crippen molar-refractivity contribution in [3.05, 3.63) is 70.1 Å². The molecule has 1 atom stereocenters. The summed E-state index contributed by atoms with van der Waals surface area (Å²) < 4.78 is 0. The topological polar surface area (TPSA) is 94.0 Å². The zero-order valence-corrected chi connectivity index (χ0v) is 22.5. The van der Waals surface area contributed by atoms with Crippen molar-refractivity contribution in [3.63, 3.8) is 0 Å². The number of ketones is 1. The van der Waals surface area contributed by atoms with Gasteiger partial charge in [-0.25, -0.2) is 0 Å². The van der Waals surface area contributed by atoms with Gasteiger partial charge in [-0.15, -0.1) is 23.1 Å². The lowest BCUT2D eigenvalue weighted by Crippen LogP contribution is -2.22. The van der Waals surface area contributed by atoms with Crippen molar-refractivity contribution in [3.8, 4) is 6.07 Å². The molecule has 9 heteroatoms. The molecule has 0 spiro atoms. The van der Waals surface area contributed by atoms with Crippen molar-refractivity contribution in [2.75, 3.05) is 16.0 Å². The molecule has 0 radical (unpaired) electrons. The number of hydrogen-bond acceptors (Lipinski definition) is 6. The number of aryl methyl sites for hydroxylation is 1. The first-order chi connectivity index (χ1) is 17.3. The number of carbonyl (C=O) groups is 2. The summed E-state index contributed by atoms with van der Waals surface area (Å²) in [5, 5.41) is 19.6. The maximum atomic E-state index is 12.9. The SMILES string of the molecule is CC(=O)c1ccc(NC(=S)Nc2cccc(SC(C)C(=O)Nc3sc4c(c3C#N)CCCC4)c2)cc1. The van der Waals surface area contributed by atoms with E-state index in [0.29, 0.717) is 21.2 Å². The molecule has 2 aromatic carbocycles. The van der Waals surface area contributed by atoms with Crippen LogP contribution in [0.4, 0.5) is 16.4 Å². The van der Waals surface area contributed by atoms with Crippen LogP contribution in [-0.2, 0) is 17.6 Å². The van der Waals surface area contributed by atoms with Gasteiger partial charge in [0.15, 0.2) is 10.9 Å². The highest BCUT2D eigenvalue weighted by Gasteiger charge is 2.23. The average Bonchev–Trinajstić information content (AvgIpc) is 3.21. The maximum Gasteiger partial charge on any atom is 0.238 e. The molecule has 0 aliphatic heterocycles. The second-order valence-electron chi connectivity index (χ2n) is 8.52. The molecule has 0 saturated carbocycles. The van der Waals surface area contributed by atoms with E-state index in [1.807, 2.05) is 31.2 Å². The fraction of sp³-hybridized carbons (Fsp3) is 0.259. The second kappa shape index (κ2) is 11.7. The van der Waals surface area contributed by atoms with E-state index in [2.05, 4.69) is 22.0 Å². The third kappa shape index (κ3) is 6.32. The monoisotopic (exact) mass is 534 g/mol. The maximum absolute atomic E-state index is 12.9. The first-order valence-corrected chi connectivity index (χ1v) is 13.8. The van der Waals surface area contributed by atoms with Crippen LogP contribution < -0.4 is 16.0 Å². The lowest BCUT2D eigenvalue weighted by Gasteiger charge is -2.14. The van der Waals surface area contributed by atoms with E-state index in [1.54, 1.807) is 24.3 Å². The Kier molecular flexibility index (Phi) is 8.41. The second-order valence-corrected chi connectivity index (χ2v) is 11.4. The van der Waals surface area contributed by atoms with Crippen molar-refractivity contribution in [1.82, 2.24) is 0 Å². The Bertz CT molecular complexity index is 1340. The molecule has 6 nitrogen and oxygen atoms in total. The molecule has 3 aromatic rings. The number of nitrogens with one attached hydrogen (secondary N) is 3. The Morgan fingerprint density at radius 1 is 1.06 bits per heavy atom. The minimum absolute atomic E-state index is 0.0134. The van der Waals surface area contributed by atoms with Crippen LogP contribution in [0, 0.1) is 11.3 Å². The Morgan fingerprint density at radius 2 is 1.78 bits per heavy atom. The molecule has 1 heterocycles. The molecule has 1 aromatic heterocycles. The number of hydrogen-bond donors (Lipinski definition) is 3. The normalized spacial score (nSPS) is 13.1. The van der Waals surface area contributed by atoms with Crippen molar-refractivity contribution in [1.29, 1.82) is 5.26 Å². The highest BCUT2D eigenvalue weighted by Crippen LogP contribution is 2.38. The standard InChI is InChI=1S/C27H26N4O2S3/c1-16(32)18-10-12-19(13-11-18)29-27(34)30-20-6-5-7-21(14-20)35-17(2)25(33)31-26-23(15-28)22-8-3-4-9-24(22)36-26/h5-7,10-14,17H,3-4,8-9H2,1-2H3,(H,31,33)(H2,29,30,34). The van der Waals surface area contributed by atoms with Gasteiger partial charge in [-0.1, -0.05) is 6.07 Å². The fourth-order valence-corrected chi connectivity index (χ4v) is 6.38. The predicted octanol–water partition coefficient (Wildman–Crippen LogP) is 6.63. The van der Waals surface area contributed by atoms with Crippen molar-refractivity contribution in [2.24, 2.45) is 0 Å². The van der Waals surface area contributed by atoms with Gasteiger partial charge in [0.1, 0.15) is 11.1 Å². The quantitative estimate of drug-likeness (QED) is 0.178. The Balaban J connectivity index is 1.35. The van der Waals surface area contributed by atoms with Gasteiger partial charge in [0, 0.05) is 26.7 Å². The molecule has 0 bridgehead atoms. The van der Waals surface area contributed by atoms with Gasteiger partial charge in [-0.05, 0) is 99.8 Å². The minimum atomic E-state index is -0.351. The van der Waals surface area contributed by atoms with Gasteiger partial charge in [0.05, 0.1) is 10.8 Å². The van der Waals surface area contributed by atoms with Crippen LogP contribution in [0.25, 0.3) is 0 Å². The fourth-order valence-electron chi connectivity index (χ4n) is 3.97. The molecular weight excluding hydrogens is 509 g/mol. The van der Waals surface area contributed by atoms with Crippen molar-refractivity contribution >= 4 is 68.5 Å². The molecule has 1 aliphatic carbocycles. The molecule has 1 unspecified atom stereocenters. The number of thiophene rings is 1. The highest BCUT2D eigenvalue weighted by molar-refractivity contribution is 8.00. The minimum Gasteiger partial charge on any atom is -0.332 e. The van der Waals surface area contributed by atoms with E-state index in [-0.39, 0.29) is 16.9 Å². The Hall–Kier alpha value is -3.19. The molecule has 4 rings (SSSR count). The van der Waals surface area contributed by atoms with Gasteiger partial charge in [0.25, 0.3) is 0 Å². The van der Waals surface area contributed by atoms with Gasteiger partial charge in [0.2, 0.25) is 5.91 Å². The molecule has 3 N–H and O–H groups in total. The summed E-state index contributed by atoms with van der Waals surface area (Å²) in [6.07, 6.45) is 4.12. The molecule has 36 heavy (non-hydrogen) atoms. The van der Waals surface area contributed by atoms with Gasteiger partial charge in [-0.3, -0.25) is 9.59 Å². The lowest BCUT2D eigenvalue weighted by atomic mass is 9.96. The van der Waals surface area contributed by atoms with Gasteiger partial charge < -0.3 is 16.0 Å². The van der Waals surface area contributed by atoms with Crippen LogP contribution in [0.2, 0.25) is 0 Å². The van der Waals surface area contributed by atoms with Crippen LogP contribution in [-0.4, -0.2) is 22.1 Å². The van der Waals surface area contributed by atoms with Crippen LogP contribution >= 0.6 is 35.3 Å². The number of rotatable bonds is 7. The Labute approximate surface area is 224 Å². The number of fused-ring (bicyclic) bond motifs is 1. The zero-order valence-electron chi connectivity index (χ0n) is 20.0. The van der Waals surface area contributed by atoms with E-state index in [4.69, 9.17) is 12.2 Å². The number of thioether (sulfide) groups is 1. The largest absolute Gasteiger partial charge is 0.332 e. The summed E-state index contributed by atoms with van der Waals surface area (Å²) >= 11 is 8.40. The number of amides is 1. The summed E-state index contributed by atoms with van der Waals surface area (Å²) in [6.45, 7) is 3.39. The first-order valence-electron chi connectivity index (χ1n) is 11.6. The van der Waals surface area contributed by atoms with Crippen LogP contribution in [0.5, 0.6) is 0 Å². The number of nitriles is 1.